The highest BCUT2D eigenvalue weighted by Gasteiger charge is 2.03. The normalized spacial score (nSPS) is 10.2. The Labute approximate surface area is 424 Å². The van der Waals surface area contributed by atoms with E-state index in [-0.39, 0.29) is 0 Å². The molecule has 19 heteroatoms. The standard InChI is InChI=1S/C9H10N2.2C7H7N3.C7H12N2.C7H11N.C6H10N2.2C5H9N3/c1-7-8-5-3-4-6-9(8)10-11(7)2;1-10-7-5-3-2-4-6(7)8-9-10;1-10-8-6-4-2-3-5-7(6)9-10;1-5-6(2)9(4)7(3)8-5;1-6-4-5-7(2)8(6)3;1-5-4-6(2)8(3)7-5;1-4-5(2)8(3)7-6-4;1-4-5(2)7-8(3)6-4/h3-6H,1-2H3;2*2-5H,1H3;1-4H3;4-5H,1-3H3;4H,1-3H3;2*1-3H3. The quantitative estimate of drug-likeness (QED) is 0.142. The van der Waals surface area contributed by atoms with Crippen molar-refractivity contribution in [2.75, 3.05) is 0 Å². The number of para-hydroxylation sites is 1. The molecule has 0 N–H and O–H groups in total. The Hall–Kier alpha value is -8.09. The summed E-state index contributed by atoms with van der Waals surface area (Å²) >= 11 is 0. The molecule has 0 aliphatic rings. The van der Waals surface area contributed by atoms with Gasteiger partial charge in [0.15, 0.2) is 0 Å². The molecule has 0 atom stereocenters. The Morgan fingerprint density at radius 3 is 1.18 bits per heavy atom. The van der Waals surface area contributed by atoms with Gasteiger partial charge in [-0.15, -0.1) is 10.2 Å². The highest BCUT2D eigenvalue weighted by Crippen LogP contribution is 2.15. The van der Waals surface area contributed by atoms with Crippen LogP contribution in [0.2, 0.25) is 0 Å². The first-order valence-corrected chi connectivity index (χ1v) is 23.6. The van der Waals surface area contributed by atoms with Crippen molar-refractivity contribution in [3.05, 3.63) is 159 Å². The highest BCUT2D eigenvalue weighted by atomic mass is 15.5. The molecule has 72 heavy (non-hydrogen) atoms. The van der Waals surface area contributed by atoms with Crippen LogP contribution in [0.4, 0.5) is 0 Å². The van der Waals surface area contributed by atoms with E-state index in [0.717, 1.165) is 67.6 Å². The van der Waals surface area contributed by atoms with Crippen LogP contribution in [0.15, 0.2) is 91.0 Å². The molecule has 0 saturated heterocycles. The number of aromatic nitrogens is 19. The maximum Gasteiger partial charge on any atom is 0.113 e. The summed E-state index contributed by atoms with van der Waals surface area (Å²) in [5, 5.41) is 41.4. The molecule has 8 aromatic heterocycles. The third kappa shape index (κ3) is 16.0. The molecular formula is C53H75N19. The molecule has 11 aromatic rings. The summed E-state index contributed by atoms with van der Waals surface area (Å²) in [4.78, 5) is 7.42. The second-order valence-corrected chi connectivity index (χ2v) is 17.5. The number of nitrogens with zero attached hydrogens (tertiary/aromatic N) is 19. The third-order valence-corrected chi connectivity index (χ3v) is 12.1. The number of imidazole rings is 1. The molecule has 3 aromatic carbocycles. The van der Waals surface area contributed by atoms with Crippen LogP contribution in [0.3, 0.4) is 0 Å². The van der Waals surface area contributed by atoms with Crippen LogP contribution in [-0.4, -0.2) is 93.7 Å². The second kappa shape index (κ2) is 26.2. The lowest BCUT2D eigenvalue weighted by molar-refractivity contribution is 0.646. The molecule has 0 spiro atoms. The Morgan fingerprint density at radius 2 is 0.847 bits per heavy atom. The fourth-order valence-electron chi connectivity index (χ4n) is 6.71. The molecule has 19 nitrogen and oxygen atoms in total. The van der Waals surface area contributed by atoms with Crippen molar-refractivity contribution < 1.29 is 0 Å². The van der Waals surface area contributed by atoms with Gasteiger partial charge in [-0.2, -0.15) is 40.2 Å². The van der Waals surface area contributed by atoms with E-state index in [1.807, 2.05) is 181 Å². The Bertz CT molecular complexity index is 3160. The fourth-order valence-corrected chi connectivity index (χ4v) is 6.71. The van der Waals surface area contributed by atoms with Gasteiger partial charge in [0.05, 0.1) is 45.2 Å². The van der Waals surface area contributed by atoms with Crippen molar-refractivity contribution in [1.29, 1.82) is 0 Å². The lowest BCUT2D eigenvalue weighted by atomic mass is 10.2. The zero-order chi connectivity index (χ0) is 53.4. The average Bonchev–Trinajstić information content (AvgIpc) is 4.25. The van der Waals surface area contributed by atoms with Gasteiger partial charge in [-0.25, -0.2) is 9.67 Å². The van der Waals surface area contributed by atoms with Gasteiger partial charge in [0, 0.05) is 90.2 Å². The molecule has 0 fully saturated rings. The molecule has 0 unspecified atom stereocenters. The van der Waals surface area contributed by atoms with Crippen molar-refractivity contribution in [3.63, 3.8) is 0 Å². The van der Waals surface area contributed by atoms with Crippen molar-refractivity contribution >= 4 is 33.0 Å². The van der Waals surface area contributed by atoms with Crippen LogP contribution < -0.4 is 0 Å². The maximum absolute atomic E-state index is 4.33. The summed E-state index contributed by atoms with van der Waals surface area (Å²) in [6, 6.07) is 30.1. The van der Waals surface area contributed by atoms with Crippen LogP contribution >= 0.6 is 0 Å². The van der Waals surface area contributed by atoms with E-state index in [0.29, 0.717) is 0 Å². The SMILES string of the molecule is Cc1c2ccccc2nn1C.Cc1cc(C)n(C)n1.Cc1ccc(C)n1C.Cc1nc(C)n(C)c1C.Cc1nn(C)nc1C.Cc1nnn(C)c1C.Cn1nc2ccccc2n1.Cn1nnc2ccccc21. The van der Waals surface area contributed by atoms with E-state index in [1.54, 1.807) is 19.0 Å². The molecular weight excluding hydrogens is 903 g/mol. The van der Waals surface area contributed by atoms with Crippen molar-refractivity contribution in [3.8, 4) is 0 Å². The number of rotatable bonds is 0. The monoisotopic (exact) mass is 978 g/mol. The molecule has 8 heterocycles. The molecule has 0 bridgehead atoms. The first-order valence-electron chi connectivity index (χ1n) is 23.6. The van der Waals surface area contributed by atoms with Gasteiger partial charge >= 0.3 is 0 Å². The summed E-state index contributed by atoms with van der Waals surface area (Å²) in [6.45, 7) is 24.3. The average molecular weight is 978 g/mol. The summed E-state index contributed by atoms with van der Waals surface area (Å²) in [5.41, 5.74) is 17.7. The van der Waals surface area contributed by atoms with Crippen LogP contribution in [0.5, 0.6) is 0 Å². The van der Waals surface area contributed by atoms with Crippen LogP contribution in [-0.2, 0) is 56.4 Å². The summed E-state index contributed by atoms with van der Waals surface area (Å²) in [6.07, 6.45) is 0. The van der Waals surface area contributed by atoms with E-state index in [9.17, 15) is 0 Å². The van der Waals surface area contributed by atoms with Crippen LogP contribution in [0.1, 0.15) is 68.5 Å². The van der Waals surface area contributed by atoms with Crippen molar-refractivity contribution in [2.45, 2.75) is 83.1 Å². The summed E-state index contributed by atoms with van der Waals surface area (Å²) in [5.74, 6) is 1.09. The van der Waals surface area contributed by atoms with Crippen LogP contribution in [0.25, 0.3) is 33.0 Å². The number of hydrogen-bond acceptors (Lipinski definition) is 11. The summed E-state index contributed by atoms with van der Waals surface area (Å²) < 4.78 is 11.6. The molecule has 11 rings (SSSR count). The van der Waals surface area contributed by atoms with E-state index >= 15 is 0 Å². The van der Waals surface area contributed by atoms with E-state index in [4.69, 9.17) is 0 Å². The van der Waals surface area contributed by atoms with Gasteiger partial charge < -0.3 is 9.13 Å². The topological polar surface area (TPSA) is 181 Å². The minimum Gasteiger partial charge on any atom is -0.352 e. The molecule has 0 radical (unpaired) electrons. The molecule has 0 saturated carbocycles. The fraction of sp³-hybridized carbons (Fsp3) is 0.377. The third-order valence-electron chi connectivity index (χ3n) is 12.1. The zero-order valence-electron chi connectivity index (χ0n) is 46.2. The Balaban J connectivity index is 0.000000179. The first kappa shape index (κ1) is 56.5. The molecule has 0 aliphatic carbocycles. The minimum absolute atomic E-state index is 0.949. The van der Waals surface area contributed by atoms with Gasteiger partial charge in [0.1, 0.15) is 22.4 Å². The van der Waals surface area contributed by atoms with Gasteiger partial charge in [-0.1, -0.05) is 52.9 Å². The van der Waals surface area contributed by atoms with Gasteiger partial charge in [-0.3, -0.25) is 14.0 Å². The zero-order valence-corrected chi connectivity index (χ0v) is 46.2. The predicted octanol–water partition coefficient (Wildman–Crippen LogP) is 8.71. The molecule has 0 amide bonds. The molecule has 382 valence electrons. The minimum atomic E-state index is 0.949. The van der Waals surface area contributed by atoms with Crippen LogP contribution in [0, 0.1) is 83.1 Å². The van der Waals surface area contributed by atoms with Gasteiger partial charge in [0.25, 0.3) is 0 Å². The van der Waals surface area contributed by atoms with Gasteiger partial charge in [0.2, 0.25) is 0 Å². The van der Waals surface area contributed by atoms with E-state index in [1.165, 1.54) is 33.9 Å². The van der Waals surface area contributed by atoms with Crippen molar-refractivity contribution in [2.24, 2.45) is 56.4 Å². The van der Waals surface area contributed by atoms with E-state index in [2.05, 4.69) is 124 Å². The van der Waals surface area contributed by atoms with E-state index < -0.39 is 0 Å². The lowest BCUT2D eigenvalue weighted by Gasteiger charge is -1.96. The Kier molecular flexibility index (Phi) is 20.6. The summed E-state index contributed by atoms with van der Waals surface area (Å²) in [7, 11) is 15.4. The first-order chi connectivity index (χ1) is 34.0. The van der Waals surface area contributed by atoms with Crippen molar-refractivity contribution in [1.82, 2.24) is 93.7 Å². The molecule has 0 aliphatic heterocycles. The predicted molar refractivity (Wildman–Crippen MR) is 288 cm³/mol. The highest BCUT2D eigenvalue weighted by molar-refractivity contribution is 5.81. The number of fused-ring (bicyclic) bond motifs is 3. The number of aryl methyl sites for hydroxylation is 16. The largest absolute Gasteiger partial charge is 0.352 e. The maximum atomic E-state index is 4.33. The smallest absolute Gasteiger partial charge is 0.113 e. The number of hydrogen-bond donors (Lipinski definition) is 0. The number of benzene rings is 3. The second-order valence-electron chi connectivity index (χ2n) is 17.5. The Morgan fingerprint density at radius 1 is 0.347 bits per heavy atom. The van der Waals surface area contributed by atoms with Gasteiger partial charge in [-0.05, 0) is 132 Å². The lowest BCUT2D eigenvalue weighted by Crippen LogP contribution is -1.92.